The van der Waals surface area contributed by atoms with Crippen molar-refractivity contribution in [1.82, 2.24) is 0 Å². The molecule has 0 heterocycles. The summed E-state index contributed by atoms with van der Waals surface area (Å²) in [7, 11) is 0. The van der Waals surface area contributed by atoms with Crippen molar-refractivity contribution < 1.29 is 5.11 Å². The number of anilines is 3. The molecule has 0 saturated heterocycles. The quantitative estimate of drug-likeness (QED) is 0.480. The minimum Gasteiger partial charge on any atom is -0.505 e. The van der Waals surface area contributed by atoms with Gasteiger partial charge < -0.3 is 21.9 Å². The van der Waals surface area contributed by atoms with E-state index >= 15 is 0 Å². The van der Waals surface area contributed by atoms with E-state index in [0.717, 1.165) is 16.9 Å². The predicted molar refractivity (Wildman–Crippen MR) is 70.7 cm³/mol. The van der Waals surface area contributed by atoms with Crippen LogP contribution in [0.1, 0.15) is 5.56 Å². The molecule has 0 bridgehead atoms. The number of phenolic OH excluding ortho intramolecular Hbond substituents is 1. The number of aromatic hydroxyl groups is 1. The van der Waals surface area contributed by atoms with Gasteiger partial charge in [0.2, 0.25) is 0 Å². The monoisotopic (exact) mass is 229 g/mol. The third-order valence-corrected chi connectivity index (χ3v) is 2.54. The zero-order valence-corrected chi connectivity index (χ0v) is 9.35. The zero-order valence-electron chi connectivity index (χ0n) is 9.35. The first kappa shape index (κ1) is 11.1. The predicted octanol–water partition coefficient (Wildman–Crippen LogP) is 2.17. The largest absolute Gasteiger partial charge is 0.505 e. The van der Waals surface area contributed by atoms with E-state index in [1.165, 1.54) is 0 Å². The van der Waals surface area contributed by atoms with Gasteiger partial charge in [-0.25, -0.2) is 0 Å². The number of nitrogens with one attached hydrogen (secondary N) is 1. The van der Waals surface area contributed by atoms with Crippen molar-refractivity contribution in [2.45, 2.75) is 6.54 Å². The summed E-state index contributed by atoms with van der Waals surface area (Å²) in [5.74, 6) is 0.135. The molecule has 0 amide bonds. The maximum absolute atomic E-state index is 9.73. The summed E-state index contributed by atoms with van der Waals surface area (Å²) in [6, 6.07) is 12.7. The van der Waals surface area contributed by atoms with Gasteiger partial charge in [0.05, 0.1) is 5.69 Å². The maximum Gasteiger partial charge on any atom is 0.143 e. The van der Waals surface area contributed by atoms with Crippen molar-refractivity contribution >= 4 is 17.1 Å². The number of para-hydroxylation sites is 1. The first-order chi connectivity index (χ1) is 8.16. The van der Waals surface area contributed by atoms with Crippen LogP contribution in [0.4, 0.5) is 17.1 Å². The maximum atomic E-state index is 9.73. The number of hydrogen-bond acceptors (Lipinski definition) is 4. The Morgan fingerprint density at radius 3 is 2.41 bits per heavy atom. The van der Waals surface area contributed by atoms with Crippen LogP contribution in [0, 0.1) is 0 Å². The molecule has 0 aliphatic heterocycles. The van der Waals surface area contributed by atoms with Gasteiger partial charge in [0.15, 0.2) is 0 Å². The van der Waals surface area contributed by atoms with Gasteiger partial charge in [0, 0.05) is 23.5 Å². The Labute approximate surface area is 99.9 Å². The molecule has 0 aliphatic rings. The molecule has 88 valence electrons. The molecule has 0 spiro atoms. The minimum absolute atomic E-state index is 0.135. The Balaban J connectivity index is 2.07. The first-order valence-electron chi connectivity index (χ1n) is 5.32. The zero-order chi connectivity index (χ0) is 12.3. The van der Waals surface area contributed by atoms with Crippen LogP contribution in [0.3, 0.4) is 0 Å². The number of nitrogen functional groups attached to an aromatic ring is 2. The molecule has 6 N–H and O–H groups in total. The fourth-order valence-electron chi connectivity index (χ4n) is 1.55. The molecule has 0 aliphatic carbocycles. The molecule has 0 aromatic heterocycles. The fourth-order valence-corrected chi connectivity index (χ4v) is 1.55. The summed E-state index contributed by atoms with van der Waals surface area (Å²) in [5.41, 5.74) is 14.0. The van der Waals surface area contributed by atoms with E-state index in [2.05, 4.69) is 5.32 Å². The van der Waals surface area contributed by atoms with Crippen molar-refractivity contribution in [3.05, 3.63) is 48.0 Å². The molecule has 4 heteroatoms. The summed E-state index contributed by atoms with van der Waals surface area (Å²) >= 11 is 0. The number of hydrogen-bond donors (Lipinski definition) is 4. The summed E-state index contributed by atoms with van der Waals surface area (Å²) in [6.45, 7) is 0.515. The van der Waals surface area contributed by atoms with Crippen LogP contribution in [0.5, 0.6) is 5.75 Å². The highest BCUT2D eigenvalue weighted by atomic mass is 16.3. The Morgan fingerprint density at radius 2 is 1.71 bits per heavy atom. The summed E-state index contributed by atoms with van der Waals surface area (Å²) in [6.07, 6.45) is 0. The Kier molecular flexibility index (Phi) is 3.05. The third kappa shape index (κ3) is 2.60. The molecule has 2 aromatic carbocycles. The van der Waals surface area contributed by atoms with Crippen molar-refractivity contribution in [3.8, 4) is 5.75 Å². The van der Waals surface area contributed by atoms with E-state index in [9.17, 15) is 5.11 Å². The van der Waals surface area contributed by atoms with Gasteiger partial charge in [-0.15, -0.1) is 0 Å². The average molecular weight is 229 g/mol. The number of rotatable bonds is 3. The Bertz CT molecular complexity index is 509. The first-order valence-corrected chi connectivity index (χ1v) is 5.32. The lowest BCUT2D eigenvalue weighted by molar-refractivity contribution is 0.472. The van der Waals surface area contributed by atoms with Gasteiger partial charge >= 0.3 is 0 Å². The Morgan fingerprint density at radius 1 is 1.00 bits per heavy atom. The van der Waals surface area contributed by atoms with E-state index in [0.29, 0.717) is 12.2 Å². The van der Waals surface area contributed by atoms with Crippen molar-refractivity contribution in [1.29, 1.82) is 0 Å². The second-order valence-electron chi connectivity index (χ2n) is 3.83. The standard InChI is InChI=1S/C13H15N3O/c14-10-4-6-11(7-5-10)16-8-9-2-1-3-12(15)13(9)17/h1-7,16-17H,8,14-15H2. The van der Waals surface area contributed by atoms with Gasteiger partial charge in [-0.2, -0.15) is 0 Å². The minimum atomic E-state index is 0.135. The van der Waals surface area contributed by atoms with Gasteiger partial charge in [-0.05, 0) is 30.3 Å². The molecule has 0 unspecified atom stereocenters. The van der Waals surface area contributed by atoms with Crippen molar-refractivity contribution in [3.63, 3.8) is 0 Å². The summed E-state index contributed by atoms with van der Waals surface area (Å²) in [4.78, 5) is 0. The molecule has 0 radical (unpaired) electrons. The lowest BCUT2D eigenvalue weighted by Gasteiger charge is -2.09. The topological polar surface area (TPSA) is 84.3 Å². The van der Waals surface area contributed by atoms with Crippen LogP contribution in [0.2, 0.25) is 0 Å². The smallest absolute Gasteiger partial charge is 0.143 e. The molecule has 4 nitrogen and oxygen atoms in total. The Hall–Kier alpha value is -2.36. The van der Waals surface area contributed by atoms with Crippen LogP contribution < -0.4 is 16.8 Å². The normalized spacial score (nSPS) is 10.1. The highest BCUT2D eigenvalue weighted by molar-refractivity contribution is 5.57. The van der Waals surface area contributed by atoms with Crippen LogP contribution in [0.15, 0.2) is 42.5 Å². The lowest BCUT2D eigenvalue weighted by Crippen LogP contribution is -2.01. The van der Waals surface area contributed by atoms with Crippen LogP contribution in [-0.4, -0.2) is 5.11 Å². The fraction of sp³-hybridized carbons (Fsp3) is 0.0769. The van der Waals surface area contributed by atoms with E-state index in [1.807, 2.05) is 36.4 Å². The molecular formula is C13H15N3O. The highest BCUT2D eigenvalue weighted by Crippen LogP contribution is 2.25. The van der Waals surface area contributed by atoms with Crippen LogP contribution in [0.25, 0.3) is 0 Å². The van der Waals surface area contributed by atoms with E-state index in [4.69, 9.17) is 11.5 Å². The van der Waals surface area contributed by atoms with E-state index < -0.39 is 0 Å². The van der Waals surface area contributed by atoms with Gasteiger partial charge in [-0.1, -0.05) is 12.1 Å². The molecular weight excluding hydrogens is 214 g/mol. The highest BCUT2D eigenvalue weighted by Gasteiger charge is 2.03. The number of phenols is 1. The molecule has 2 aromatic rings. The summed E-state index contributed by atoms with van der Waals surface area (Å²) < 4.78 is 0. The summed E-state index contributed by atoms with van der Waals surface area (Å²) in [5, 5.41) is 12.9. The molecule has 0 atom stereocenters. The molecule has 0 saturated carbocycles. The van der Waals surface area contributed by atoms with Crippen LogP contribution in [-0.2, 0) is 6.54 Å². The molecule has 17 heavy (non-hydrogen) atoms. The van der Waals surface area contributed by atoms with Gasteiger partial charge in [-0.3, -0.25) is 0 Å². The van der Waals surface area contributed by atoms with E-state index in [-0.39, 0.29) is 5.75 Å². The second kappa shape index (κ2) is 4.65. The van der Waals surface area contributed by atoms with Gasteiger partial charge in [0.25, 0.3) is 0 Å². The molecule has 0 fully saturated rings. The second-order valence-corrected chi connectivity index (χ2v) is 3.83. The number of benzene rings is 2. The average Bonchev–Trinajstić information content (AvgIpc) is 2.33. The number of nitrogens with two attached hydrogens (primary N) is 2. The molecule has 2 rings (SSSR count). The van der Waals surface area contributed by atoms with Crippen molar-refractivity contribution in [2.75, 3.05) is 16.8 Å². The third-order valence-electron chi connectivity index (χ3n) is 2.54. The SMILES string of the molecule is Nc1ccc(NCc2cccc(N)c2O)cc1. The van der Waals surface area contributed by atoms with Gasteiger partial charge in [0.1, 0.15) is 5.75 Å². The van der Waals surface area contributed by atoms with E-state index in [1.54, 1.807) is 6.07 Å². The van der Waals surface area contributed by atoms with Crippen molar-refractivity contribution in [2.24, 2.45) is 0 Å². The van der Waals surface area contributed by atoms with Crippen LogP contribution >= 0.6 is 0 Å². The lowest BCUT2D eigenvalue weighted by atomic mass is 10.1.